The van der Waals surface area contributed by atoms with Gasteiger partial charge in [0.05, 0.1) is 15.6 Å². The van der Waals surface area contributed by atoms with Gasteiger partial charge in [0.1, 0.15) is 0 Å². The minimum absolute atomic E-state index is 0.0949. The van der Waals surface area contributed by atoms with E-state index in [4.69, 9.17) is 17.3 Å². The van der Waals surface area contributed by atoms with Crippen LogP contribution in [0.5, 0.6) is 0 Å². The zero-order valence-electron chi connectivity index (χ0n) is 11.4. The fraction of sp³-hybridized carbons (Fsp3) is 0.417. The lowest BCUT2D eigenvalue weighted by Crippen LogP contribution is -2.39. The van der Waals surface area contributed by atoms with Gasteiger partial charge in [-0.25, -0.2) is 17.9 Å². The zero-order chi connectivity index (χ0) is 15.3. The van der Waals surface area contributed by atoms with E-state index in [1.807, 2.05) is 11.6 Å². The largest absolute Gasteiger partial charge is 0.397 e. The van der Waals surface area contributed by atoms with E-state index in [0.29, 0.717) is 17.1 Å². The molecular weight excluding hydrogens is 302 g/mol. The van der Waals surface area contributed by atoms with Crippen LogP contribution < -0.4 is 15.8 Å². The van der Waals surface area contributed by atoms with Gasteiger partial charge < -0.3 is 11.1 Å². The molecule has 20 heavy (non-hydrogen) atoms. The Balaban J connectivity index is 2.86. The highest BCUT2D eigenvalue weighted by atomic mass is 35.5. The van der Waals surface area contributed by atoms with Crippen LogP contribution in [0.3, 0.4) is 0 Å². The van der Waals surface area contributed by atoms with Gasteiger partial charge >= 0.3 is 6.03 Å². The molecule has 4 N–H and O–H groups in total. The minimum atomic E-state index is -3.96. The molecule has 0 radical (unpaired) electrons. The Morgan fingerprint density at radius 1 is 1.40 bits per heavy atom. The van der Waals surface area contributed by atoms with Crippen LogP contribution in [0, 0.1) is 6.92 Å². The van der Waals surface area contributed by atoms with E-state index in [0.717, 1.165) is 12.8 Å². The van der Waals surface area contributed by atoms with Crippen molar-refractivity contribution in [2.24, 2.45) is 0 Å². The van der Waals surface area contributed by atoms with Crippen LogP contribution in [0.15, 0.2) is 17.0 Å². The number of aryl methyl sites for hydroxylation is 1. The van der Waals surface area contributed by atoms with Crippen molar-refractivity contribution in [3.05, 3.63) is 22.7 Å². The number of hydrogen-bond donors (Lipinski definition) is 3. The second-order valence-electron chi connectivity index (χ2n) is 4.36. The quantitative estimate of drug-likeness (QED) is 0.571. The second kappa shape index (κ2) is 6.81. The molecule has 1 aromatic carbocycles. The summed E-state index contributed by atoms with van der Waals surface area (Å²) in [5.41, 5.74) is 6.30. The Labute approximate surface area is 123 Å². The number of nitrogens with two attached hydrogens (primary N) is 1. The number of amides is 2. The predicted molar refractivity (Wildman–Crippen MR) is 79.2 cm³/mol. The Kier molecular flexibility index (Phi) is 5.64. The maximum Gasteiger partial charge on any atom is 0.328 e. The van der Waals surface area contributed by atoms with Gasteiger partial charge in [-0.1, -0.05) is 24.9 Å². The van der Waals surface area contributed by atoms with Crippen LogP contribution in [-0.2, 0) is 10.0 Å². The topological polar surface area (TPSA) is 101 Å². The SMILES string of the molecule is CCCCNC(=O)NS(=O)(=O)c1cc(C)c(Cl)c(N)c1. The van der Waals surface area contributed by atoms with Crippen molar-refractivity contribution in [1.29, 1.82) is 0 Å². The molecule has 0 atom stereocenters. The lowest BCUT2D eigenvalue weighted by molar-refractivity contribution is 0.245. The molecule has 0 aliphatic carbocycles. The van der Waals surface area contributed by atoms with Gasteiger partial charge in [-0.3, -0.25) is 0 Å². The molecule has 0 aliphatic rings. The normalized spacial score (nSPS) is 11.2. The van der Waals surface area contributed by atoms with Crippen molar-refractivity contribution in [3.8, 4) is 0 Å². The molecule has 8 heteroatoms. The number of nitrogen functional groups attached to an aromatic ring is 1. The van der Waals surface area contributed by atoms with E-state index in [2.05, 4.69) is 5.32 Å². The zero-order valence-corrected chi connectivity index (χ0v) is 12.9. The Bertz CT molecular complexity index is 579. The van der Waals surface area contributed by atoms with Gasteiger partial charge in [0, 0.05) is 6.54 Å². The number of carbonyl (C=O) groups is 1. The molecule has 1 aromatic rings. The third kappa shape index (κ3) is 4.28. The van der Waals surface area contributed by atoms with E-state index < -0.39 is 16.1 Å². The molecule has 0 aliphatic heterocycles. The van der Waals surface area contributed by atoms with Gasteiger partial charge in [0.25, 0.3) is 10.0 Å². The number of unbranched alkanes of at least 4 members (excludes halogenated alkanes) is 1. The average molecular weight is 320 g/mol. The lowest BCUT2D eigenvalue weighted by Gasteiger charge is -2.10. The van der Waals surface area contributed by atoms with Crippen molar-refractivity contribution in [3.63, 3.8) is 0 Å². The van der Waals surface area contributed by atoms with E-state index in [1.54, 1.807) is 6.92 Å². The number of hydrogen-bond acceptors (Lipinski definition) is 4. The van der Waals surface area contributed by atoms with Crippen molar-refractivity contribution in [2.75, 3.05) is 12.3 Å². The highest BCUT2D eigenvalue weighted by molar-refractivity contribution is 7.90. The molecule has 112 valence electrons. The van der Waals surface area contributed by atoms with Gasteiger partial charge in [-0.15, -0.1) is 0 Å². The van der Waals surface area contributed by atoms with Crippen molar-refractivity contribution < 1.29 is 13.2 Å². The fourth-order valence-electron chi connectivity index (χ4n) is 1.51. The summed E-state index contributed by atoms with van der Waals surface area (Å²) in [4.78, 5) is 11.4. The first-order chi connectivity index (χ1) is 9.27. The Morgan fingerprint density at radius 3 is 2.60 bits per heavy atom. The fourth-order valence-corrected chi connectivity index (χ4v) is 2.67. The van der Waals surface area contributed by atoms with E-state index in [9.17, 15) is 13.2 Å². The number of benzene rings is 1. The van der Waals surface area contributed by atoms with Crippen molar-refractivity contribution in [2.45, 2.75) is 31.6 Å². The summed E-state index contributed by atoms with van der Waals surface area (Å²) in [5.74, 6) is 0. The molecule has 1 rings (SSSR count). The molecule has 6 nitrogen and oxygen atoms in total. The number of carbonyl (C=O) groups excluding carboxylic acids is 1. The summed E-state index contributed by atoms with van der Waals surface area (Å²) in [6, 6.07) is 1.82. The second-order valence-corrected chi connectivity index (χ2v) is 6.42. The molecule has 0 spiro atoms. The smallest absolute Gasteiger partial charge is 0.328 e. The molecule has 0 aromatic heterocycles. The molecule has 0 fully saturated rings. The number of sulfonamides is 1. The summed E-state index contributed by atoms with van der Waals surface area (Å²) in [6.07, 6.45) is 1.68. The Morgan fingerprint density at radius 2 is 2.05 bits per heavy atom. The molecule has 2 amide bonds. The third-order valence-electron chi connectivity index (χ3n) is 2.61. The first kappa shape index (κ1) is 16.6. The standard InChI is InChI=1S/C12H18ClN3O3S/c1-3-4-5-15-12(17)16-20(18,19)9-6-8(2)11(13)10(14)7-9/h6-7H,3-5,14H2,1-2H3,(H2,15,16,17). The number of rotatable bonds is 5. The maximum absolute atomic E-state index is 12.0. The van der Waals surface area contributed by atoms with E-state index in [-0.39, 0.29) is 10.6 Å². The van der Waals surface area contributed by atoms with Crippen LogP contribution in [0.4, 0.5) is 10.5 Å². The van der Waals surface area contributed by atoms with Gasteiger partial charge in [-0.2, -0.15) is 0 Å². The van der Waals surface area contributed by atoms with Crippen molar-refractivity contribution in [1.82, 2.24) is 10.0 Å². The predicted octanol–water partition coefficient (Wildman–Crippen LogP) is 2.02. The molecule has 0 unspecified atom stereocenters. The van der Waals surface area contributed by atoms with E-state index >= 15 is 0 Å². The highest BCUT2D eigenvalue weighted by Crippen LogP contribution is 2.26. The average Bonchev–Trinajstić information content (AvgIpc) is 2.35. The molecule has 0 bridgehead atoms. The van der Waals surface area contributed by atoms with Crippen LogP contribution in [0.2, 0.25) is 5.02 Å². The van der Waals surface area contributed by atoms with Crippen LogP contribution >= 0.6 is 11.6 Å². The summed E-state index contributed by atoms with van der Waals surface area (Å²) in [7, 11) is -3.96. The van der Waals surface area contributed by atoms with Gasteiger partial charge in [0.15, 0.2) is 0 Å². The van der Waals surface area contributed by atoms with Gasteiger partial charge in [-0.05, 0) is 31.0 Å². The molecule has 0 saturated carbocycles. The maximum atomic E-state index is 12.0. The number of anilines is 1. The van der Waals surface area contributed by atoms with Crippen LogP contribution in [0.1, 0.15) is 25.3 Å². The lowest BCUT2D eigenvalue weighted by atomic mass is 10.2. The number of halogens is 1. The summed E-state index contributed by atoms with van der Waals surface area (Å²) >= 11 is 5.87. The monoisotopic (exact) mass is 319 g/mol. The molecular formula is C12H18ClN3O3S. The molecule has 0 heterocycles. The summed E-state index contributed by atoms with van der Waals surface area (Å²) < 4.78 is 26.0. The minimum Gasteiger partial charge on any atom is -0.397 e. The first-order valence-corrected chi connectivity index (χ1v) is 8.00. The number of nitrogens with one attached hydrogen (secondary N) is 2. The molecule has 0 saturated heterocycles. The van der Waals surface area contributed by atoms with E-state index in [1.165, 1.54) is 12.1 Å². The third-order valence-corrected chi connectivity index (χ3v) is 4.44. The Hall–Kier alpha value is -1.47. The van der Waals surface area contributed by atoms with Crippen LogP contribution in [-0.4, -0.2) is 21.0 Å². The van der Waals surface area contributed by atoms with Gasteiger partial charge in [0.2, 0.25) is 0 Å². The first-order valence-electron chi connectivity index (χ1n) is 6.14. The van der Waals surface area contributed by atoms with Crippen molar-refractivity contribution >= 4 is 33.3 Å². The summed E-state index contributed by atoms with van der Waals surface area (Å²) in [6.45, 7) is 4.02. The van der Waals surface area contributed by atoms with Crippen LogP contribution in [0.25, 0.3) is 0 Å². The number of urea groups is 1. The highest BCUT2D eigenvalue weighted by Gasteiger charge is 2.19. The summed E-state index contributed by atoms with van der Waals surface area (Å²) in [5, 5.41) is 2.77.